The van der Waals surface area contributed by atoms with Crippen LogP contribution in [0.2, 0.25) is 0 Å². The second-order valence-corrected chi connectivity index (χ2v) is 16.4. The number of aromatic hydroxyl groups is 2. The first kappa shape index (κ1) is 36.2. The van der Waals surface area contributed by atoms with Gasteiger partial charge in [-0.1, -0.05) is 114 Å². The number of rotatable bonds is 8. The molecule has 0 aliphatic rings. The van der Waals surface area contributed by atoms with Gasteiger partial charge in [0.15, 0.2) is 5.41 Å². The van der Waals surface area contributed by atoms with Crippen LogP contribution < -0.4 is 0 Å². The van der Waals surface area contributed by atoms with Gasteiger partial charge in [0.2, 0.25) is 0 Å². The smallest absolute Gasteiger partial charge is 0.324 e. The molecule has 1 unspecified atom stereocenters. The summed E-state index contributed by atoms with van der Waals surface area (Å²) >= 11 is 0. The second kappa shape index (κ2) is 12.2. The summed E-state index contributed by atoms with van der Waals surface area (Å²) < 4.78 is 5.79. The van der Waals surface area contributed by atoms with Crippen LogP contribution in [0.15, 0.2) is 24.3 Å². The van der Waals surface area contributed by atoms with Crippen LogP contribution in [0.3, 0.4) is 0 Å². The number of esters is 1. The number of carboxylic acid groups (broad SMARTS) is 1. The molecule has 0 aliphatic carbocycles. The molecule has 1 atom stereocenters. The lowest BCUT2D eigenvalue weighted by Crippen LogP contribution is -2.45. The lowest BCUT2D eigenvalue weighted by atomic mass is 9.71. The van der Waals surface area contributed by atoms with Crippen molar-refractivity contribution in [2.24, 2.45) is 5.41 Å². The van der Waals surface area contributed by atoms with E-state index in [-0.39, 0.29) is 24.3 Å². The maximum absolute atomic E-state index is 14.0. The fourth-order valence-electron chi connectivity index (χ4n) is 5.40. The number of carbonyl (C=O) groups excluding carboxylic acids is 1. The second-order valence-electron chi connectivity index (χ2n) is 16.4. The number of aliphatic carboxylic acids is 1. The Balaban J connectivity index is 2.96. The SMILES string of the molecule is CCC(C)OC(=O)C(Cc1cc(C(C)(C)C)c(O)c(C(C)(C)C)c1)(Cc1cc(C(C)(C)C)c(O)c(C(C)(C)C)c1)C(=O)O. The van der Waals surface area contributed by atoms with E-state index in [0.717, 1.165) is 0 Å². The molecular weight excluding hydrogens is 540 g/mol. The maximum atomic E-state index is 14.0. The van der Waals surface area contributed by atoms with E-state index in [1.54, 1.807) is 6.92 Å². The van der Waals surface area contributed by atoms with Gasteiger partial charge in [-0.15, -0.1) is 0 Å². The highest BCUT2D eigenvalue weighted by Crippen LogP contribution is 2.44. The van der Waals surface area contributed by atoms with E-state index in [0.29, 0.717) is 39.8 Å². The minimum absolute atomic E-state index is 0.124. The van der Waals surface area contributed by atoms with Crippen molar-refractivity contribution >= 4 is 11.9 Å². The Hall–Kier alpha value is -3.02. The monoisotopic (exact) mass is 596 g/mol. The average Bonchev–Trinajstić information content (AvgIpc) is 2.82. The van der Waals surface area contributed by atoms with Crippen LogP contribution in [0.4, 0.5) is 0 Å². The number of benzene rings is 2. The predicted molar refractivity (Wildman–Crippen MR) is 174 cm³/mol. The number of carboxylic acids is 1. The van der Waals surface area contributed by atoms with Crippen LogP contribution >= 0.6 is 0 Å². The molecule has 0 saturated heterocycles. The molecule has 2 aromatic carbocycles. The van der Waals surface area contributed by atoms with Crippen molar-refractivity contribution in [1.82, 2.24) is 0 Å². The molecule has 0 spiro atoms. The summed E-state index contributed by atoms with van der Waals surface area (Å²) in [5, 5.41) is 33.5. The molecule has 240 valence electrons. The van der Waals surface area contributed by atoms with Gasteiger partial charge in [0.05, 0.1) is 6.10 Å². The van der Waals surface area contributed by atoms with E-state index in [9.17, 15) is 24.9 Å². The quantitative estimate of drug-likeness (QED) is 0.209. The van der Waals surface area contributed by atoms with Crippen molar-refractivity contribution in [3.05, 3.63) is 57.6 Å². The van der Waals surface area contributed by atoms with Gasteiger partial charge in [-0.3, -0.25) is 9.59 Å². The summed E-state index contributed by atoms with van der Waals surface area (Å²) in [6, 6.07) is 7.32. The van der Waals surface area contributed by atoms with Crippen molar-refractivity contribution in [2.75, 3.05) is 0 Å². The first-order chi connectivity index (χ1) is 19.3. The highest BCUT2D eigenvalue weighted by Gasteiger charge is 2.49. The summed E-state index contributed by atoms with van der Waals surface area (Å²) in [6.45, 7) is 27.6. The Morgan fingerprint density at radius 3 is 1.14 bits per heavy atom. The number of hydrogen-bond donors (Lipinski definition) is 3. The Labute approximate surface area is 259 Å². The lowest BCUT2D eigenvalue weighted by molar-refractivity contribution is -0.172. The number of carbonyl (C=O) groups is 2. The largest absolute Gasteiger partial charge is 0.507 e. The number of hydrogen-bond acceptors (Lipinski definition) is 5. The predicted octanol–water partition coefficient (Wildman–Crippen LogP) is 8.49. The van der Waals surface area contributed by atoms with Crippen molar-refractivity contribution in [1.29, 1.82) is 0 Å². The third-order valence-electron chi connectivity index (χ3n) is 8.27. The summed E-state index contributed by atoms with van der Waals surface area (Å²) in [6.07, 6.45) is -0.164. The summed E-state index contributed by atoms with van der Waals surface area (Å²) in [5.41, 5.74) is 0.395. The van der Waals surface area contributed by atoms with Crippen molar-refractivity contribution in [3.63, 3.8) is 0 Å². The number of phenolic OH excluding ortho intramolecular Hbond substituents is 2. The van der Waals surface area contributed by atoms with E-state index in [1.165, 1.54) is 0 Å². The molecule has 0 fully saturated rings. The molecule has 2 rings (SSSR count). The van der Waals surface area contributed by atoms with Crippen LogP contribution in [0.25, 0.3) is 0 Å². The van der Waals surface area contributed by atoms with Crippen LogP contribution in [0.5, 0.6) is 11.5 Å². The molecule has 0 aromatic heterocycles. The zero-order valence-electron chi connectivity index (χ0n) is 29.1. The van der Waals surface area contributed by atoms with Gasteiger partial charge in [0.25, 0.3) is 0 Å². The van der Waals surface area contributed by atoms with E-state index in [4.69, 9.17) is 4.74 Å². The molecule has 2 aromatic rings. The van der Waals surface area contributed by atoms with Crippen LogP contribution in [-0.2, 0) is 48.8 Å². The normalized spacial score (nSPS) is 14.0. The molecule has 6 nitrogen and oxygen atoms in total. The molecular formula is C37H56O6. The van der Waals surface area contributed by atoms with Gasteiger partial charge in [0.1, 0.15) is 11.5 Å². The average molecular weight is 597 g/mol. The van der Waals surface area contributed by atoms with Gasteiger partial charge in [-0.05, 0) is 81.2 Å². The van der Waals surface area contributed by atoms with Crippen LogP contribution in [0, 0.1) is 5.41 Å². The molecule has 0 saturated carbocycles. The van der Waals surface area contributed by atoms with E-state index >= 15 is 0 Å². The van der Waals surface area contributed by atoms with Crippen LogP contribution in [0.1, 0.15) is 137 Å². The van der Waals surface area contributed by atoms with Gasteiger partial charge in [0, 0.05) is 0 Å². The van der Waals surface area contributed by atoms with E-state index < -0.39 is 45.1 Å². The zero-order chi connectivity index (χ0) is 33.5. The fourth-order valence-corrected chi connectivity index (χ4v) is 5.40. The summed E-state index contributed by atoms with van der Waals surface area (Å²) in [5.74, 6) is -1.68. The Morgan fingerprint density at radius 2 is 0.930 bits per heavy atom. The molecule has 43 heavy (non-hydrogen) atoms. The van der Waals surface area contributed by atoms with E-state index in [2.05, 4.69) is 0 Å². The molecule has 0 heterocycles. The summed E-state index contributed by atoms with van der Waals surface area (Å²) in [7, 11) is 0. The highest BCUT2D eigenvalue weighted by atomic mass is 16.5. The zero-order valence-corrected chi connectivity index (χ0v) is 29.1. The highest BCUT2D eigenvalue weighted by molar-refractivity contribution is 6.00. The fraction of sp³-hybridized carbons (Fsp3) is 0.622. The topological polar surface area (TPSA) is 104 Å². The van der Waals surface area contributed by atoms with Crippen molar-refractivity contribution < 1.29 is 29.6 Å². The third-order valence-corrected chi connectivity index (χ3v) is 8.27. The lowest BCUT2D eigenvalue weighted by Gasteiger charge is -2.33. The van der Waals surface area contributed by atoms with Crippen molar-refractivity contribution in [2.45, 2.75) is 144 Å². The number of ether oxygens (including phenoxy) is 1. The third kappa shape index (κ3) is 8.13. The molecule has 0 aliphatic heterocycles. The Kier molecular flexibility index (Phi) is 10.2. The van der Waals surface area contributed by atoms with Gasteiger partial charge in [-0.25, -0.2) is 0 Å². The minimum Gasteiger partial charge on any atom is -0.507 e. The number of phenols is 2. The minimum atomic E-state index is -1.95. The van der Waals surface area contributed by atoms with Gasteiger partial charge >= 0.3 is 11.9 Å². The summed E-state index contributed by atoms with van der Waals surface area (Å²) in [4.78, 5) is 27.4. The Morgan fingerprint density at radius 1 is 0.651 bits per heavy atom. The molecule has 6 heteroatoms. The molecule has 3 N–H and O–H groups in total. The van der Waals surface area contributed by atoms with Crippen LogP contribution in [-0.4, -0.2) is 33.4 Å². The van der Waals surface area contributed by atoms with Crippen molar-refractivity contribution in [3.8, 4) is 11.5 Å². The van der Waals surface area contributed by atoms with Gasteiger partial charge in [-0.2, -0.15) is 0 Å². The maximum Gasteiger partial charge on any atom is 0.324 e. The van der Waals surface area contributed by atoms with E-state index in [1.807, 2.05) is 114 Å². The Bertz CT molecular complexity index is 1190. The molecule has 0 radical (unpaired) electrons. The molecule has 0 bridgehead atoms. The first-order valence-electron chi connectivity index (χ1n) is 15.4. The molecule has 0 amide bonds. The standard InChI is InChI=1S/C37H56O6/c1-15-22(2)43-32(42)37(31(40)41,20-23-16-25(33(3,4)5)29(38)26(17-23)34(6,7)8)21-24-18-27(35(9,10)11)30(39)28(19-24)36(12,13)14/h16-19,22,38-39H,15,20-21H2,1-14H3,(H,40,41). The first-order valence-corrected chi connectivity index (χ1v) is 15.4. The van der Waals surface area contributed by atoms with Gasteiger partial charge < -0.3 is 20.1 Å².